The van der Waals surface area contributed by atoms with Crippen molar-refractivity contribution in [2.75, 3.05) is 0 Å². The third-order valence-corrected chi connectivity index (χ3v) is 7.27. The van der Waals surface area contributed by atoms with Crippen LogP contribution in [0, 0.1) is 0 Å². The van der Waals surface area contributed by atoms with Gasteiger partial charge in [0.2, 0.25) is 0 Å². The molecule has 4 heterocycles. The minimum Gasteiger partial charge on any atom is -0.309 e. The minimum atomic E-state index is 1.08. The molecule has 8 rings (SSSR count). The Balaban J connectivity index is 1.38. The molecule has 36 heavy (non-hydrogen) atoms. The molecule has 4 nitrogen and oxygen atoms in total. The lowest BCUT2D eigenvalue weighted by atomic mass is 10.00. The van der Waals surface area contributed by atoms with Crippen LogP contribution in [0.5, 0.6) is 0 Å². The van der Waals surface area contributed by atoms with E-state index in [2.05, 4.69) is 118 Å². The van der Waals surface area contributed by atoms with Crippen LogP contribution in [-0.2, 0) is 0 Å². The largest absolute Gasteiger partial charge is 0.309 e. The molecule has 168 valence electrons. The topological polar surface area (TPSA) is 35.1 Å². The zero-order valence-corrected chi connectivity index (χ0v) is 19.3. The maximum absolute atomic E-state index is 4.60. The van der Waals surface area contributed by atoms with E-state index in [4.69, 9.17) is 0 Å². The minimum absolute atomic E-state index is 1.08. The van der Waals surface area contributed by atoms with E-state index in [0.29, 0.717) is 0 Å². The summed E-state index contributed by atoms with van der Waals surface area (Å²) >= 11 is 0. The molecule has 0 spiro atoms. The van der Waals surface area contributed by atoms with Crippen molar-refractivity contribution in [3.8, 4) is 16.8 Å². The van der Waals surface area contributed by atoms with Crippen LogP contribution in [0.25, 0.3) is 65.8 Å². The van der Waals surface area contributed by atoms with Crippen molar-refractivity contribution in [1.29, 1.82) is 0 Å². The summed E-state index contributed by atoms with van der Waals surface area (Å²) in [6, 6.07) is 36.8. The van der Waals surface area contributed by atoms with Crippen LogP contribution in [0.1, 0.15) is 0 Å². The van der Waals surface area contributed by atoms with Gasteiger partial charge in [-0.1, -0.05) is 54.6 Å². The molecular formula is C32H20N4. The first-order valence-electron chi connectivity index (χ1n) is 12.1. The Morgan fingerprint density at radius 2 is 1.19 bits per heavy atom. The molecule has 0 atom stereocenters. The molecule has 0 saturated carbocycles. The summed E-state index contributed by atoms with van der Waals surface area (Å²) in [5, 5.41) is 10.6. The molecule has 0 amide bonds. The van der Waals surface area contributed by atoms with Gasteiger partial charge >= 0.3 is 0 Å². The number of rotatable bonds is 2. The van der Waals surface area contributed by atoms with Gasteiger partial charge in [0.05, 0.1) is 28.3 Å². The van der Waals surface area contributed by atoms with E-state index in [0.717, 1.165) is 32.9 Å². The first-order valence-corrected chi connectivity index (χ1v) is 12.1. The molecule has 0 aliphatic heterocycles. The Hall–Kier alpha value is -4.96. The Labute approximate surface area is 206 Å². The van der Waals surface area contributed by atoms with Gasteiger partial charge in [0, 0.05) is 45.0 Å². The van der Waals surface area contributed by atoms with Crippen molar-refractivity contribution in [3.63, 3.8) is 0 Å². The van der Waals surface area contributed by atoms with Crippen molar-refractivity contribution in [2.45, 2.75) is 0 Å². The molecule has 4 aromatic heterocycles. The Kier molecular flexibility index (Phi) is 3.91. The number of benzene rings is 4. The van der Waals surface area contributed by atoms with Crippen LogP contribution in [0.15, 0.2) is 122 Å². The maximum atomic E-state index is 4.60. The number of hydrogen-bond acceptors (Lipinski definition) is 2. The highest BCUT2D eigenvalue weighted by Crippen LogP contribution is 2.35. The van der Waals surface area contributed by atoms with Gasteiger partial charge in [0.1, 0.15) is 0 Å². The molecule has 0 aliphatic carbocycles. The average molecular weight is 461 g/mol. The molecule has 4 aromatic carbocycles. The van der Waals surface area contributed by atoms with E-state index < -0.39 is 0 Å². The van der Waals surface area contributed by atoms with Gasteiger partial charge in [-0.05, 0) is 59.7 Å². The summed E-state index contributed by atoms with van der Waals surface area (Å²) in [7, 11) is 0. The molecule has 0 fully saturated rings. The van der Waals surface area contributed by atoms with Crippen molar-refractivity contribution in [3.05, 3.63) is 122 Å². The second-order valence-electron chi connectivity index (χ2n) is 9.20. The van der Waals surface area contributed by atoms with Gasteiger partial charge in [-0.2, -0.15) is 5.10 Å². The quantitative estimate of drug-likeness (QED) is 0.247. The van der Waals surface area contributed by atoms with Crippen LogP contribution < -0.4 is 0 Å². The second-order valence-corrected chi connectivity index (χ2v) is 9.20. The Morgan fingerprint density at radius 3 is 2.03 bits per heavy atom. The Morgan fingerprint density at radius 1 is 0.472 bits per heavy atom. The number of hydrogen-bond donors (Lipinski definition) is 0. The molecule has 4 heteroatoms. The summed E-state index contributed by atoms with van der Waals surface area (Å²) in [6.45, 7) is 0. The predicted octanol–water partition coefficient (Wildman–Crippen LogP) is 7.80. The summed E-state index contributed by atoms with van der Waals surface area (Å²) < 4.78 is 4.39. The zero-order chi connectivity index (χ0) is 23.6. The molecule has 0 radical (unpaired) electrons. The molecule has 0 N–H and O–H groups in total. The van der Waals surface area contributed by atoms with Crippen LogP contribution >= 0.6 is 0 Å². The SMILES string of the molecule is c1cc(-c2ccc3c(c2)c2cnccc2c2ccnn23)cc(-n2c3ccccc3c3ccccc32)c1. The smallest absolute Gasteiger partial charge is 0.0748 e. The highest BCUT2D eigenvalue weighted by molar-refractivity contribution is 6.13. The maximum Gasteiger partial charge on any atom is 0.0748 e. The van der Waals surface area contributed by atoms with E-state index in [9.17, 15) is 0 Å². The molecular weight excluding hydrogens is 440 g/mol. The first kappa shape index (κ1) is 19.4. The van der Waals surface area contributed by atoms with Gasteiger partial charge in [-0.3, -0.25) is 4.98 Å². The number of aromatic nitrogens is 4. The third-order valence-electron chi connectivity index (χ3n) is 7.27. The predicted molar refractivity (Wildman–Crippen MR) is 148 cm³/mol. The monoisotopic (exact) mass is 460 g/mol. The lowest BCUT2D eigenvalue weighted by Gasteiger charge is -2.12. The molecule has 0 saturated heterocycles. The van der Waals surface area contributed by atoms with Gasteiger partial charge < -0.3 is 4.57 Å². The summed E-state index contributed by atoms with van der Waals surface area (Å²) in [5.74, 6) is 0. The fourth-order valence-electron chi connectivity index (χ4n) is 5.67. The van der Waals surface area contributed by atoms with Crippen molar-refractivity contribution in [1.82, 2.24) is 19.2 Å². The first-order chi connectivity index (χ1) is 17.9. The number of nitrogens with zero attached hydrogens (tertiary/aromatic N) is 4. The van der Waals surface area contributed by atoms with Crippen LogP contribution in [-0.4, -0.2) is 19.2 Å². The number of pyridine rings is 2. The van der Waals surface area contributed by atoms with Crippen LogP contribution in [0.4, 0.5) is 0 Å². The van der Waals surface area contributed by atoms with Gasteiger partial charge in [0.25, 0.3) is 0 Å². The van der Waals surface area contributed by atoms with E-state index >= 15 is 0 Å². The highest BCUT2D eigenvalue weighted by Gasteiger charge is 2.13. The van der Waals surface area contributed by atoms with E-state index in [1.165, 1.54) is 32.9 Å². The van der Waals surface area contributed by atoms with Crippen molar-refractivity contribution >= 4 is 49.0 Å². The summed E-state index contributed by atoms with van der Waals surface area (Å²) in [6.07, 6.45) is 5.67. The van der Waals surface area contributed by atoms with Crippen molar-refractivity contribution in [2.24, 2.45) is 0 Å². The lowest BCUT2D eigenvalue weighted by molar-refractivity contribution is 1.01. The van der Waals surface area contributed by atoms with E-state index in [1.807, 2.05) is 23.1 Å². The van der Waals surface area contributed by atoms with Gasteiger partial charge in [-0.15, -0.1) is 0 Å². The molecule has 0 bridgehead atoms. The fraction of sp³-hybridized carbons (Fsp3) is 0. The Bertz CT molecular complexity index is 2060. The normalized spacial score (nSPS) is 11.9. The fourth-order valence-corrected chi connectivity index (χ4v) is 5.67. The average Bonchev–Trinajstić information content (AvgIpc) is 3.57. The lowest BCUT2D eigenvalue weighted by Crippen LogP contribution is -1.95. The van der Waals surface area contributed by atoms with Crippen molar-refractivity contribution < 1.29 is 0 Å². The van der Waals surface area contributed by atoms with E-state index in [-0.39, 0.29) is 0 Å². The van der Waals surface area contributed by atoms with Gasteiger partial charge in [-0.25, -0.2) is 4.52 Å². The van der Waals surface area contributed by atoms with Crippen LogP contribution in [0.3, 0.4) is 0 Å². The summed E-state index contributed by atoms with van der Waals surface area (Å²) in [5.41, 5.74) is 8.11. The van der Waals surface area contributed by atoms with Gasteiger partial charge in [0.15, 0.2) is 0 Å². The number of para-hydroxylation sites is 2. The second kappa shape index (κ2) is 7.27. The highest BCUT2D eigenvalue weighted by atomic mass is 15.2. The molecule has 8 aromatic rings. The zero-order valence-electron chi connectivity index (χ0n) is 19.3. The summed E-state index contributed by atoms with van der Waals surface area (Å²) in [4.78, 5) is 4.43. The standard InChI is InChI=1S/C32H20N4/c1-3-10-29-24(8-1)25-9-2-4-11-30(25)35(29)23-7-5-6-21(18-23)22-12-13-31-27(19-22)28-20-33-16-14-26(28)32-15-17-34-36(31)32/h1-20H. The van der Waals surface area contributed by atoms with E-state index in [1.54, 1.807) is 0 Å². The molecule has 0 unspecified atom stereocenters. The number of fused-ring (bicyclic) bond motifs is 9. The molecule has 0 aliphatic rings. The third kappa shape index (κ3) is 2.64. The van der Waals surface area contributed by atoms with Crippen LogP contribution in [0.2, 0.25) is 0 Å².